The van der Waals surface area contributed by atoms with E-state index in [0.717, 1.165) is 12.8 Å². The Bertz CT molecular complexity index is 690. The fourth-order valence-electron chi connectivity index (χ4n) is 2.13. The molecule has 0 aliphatic rings. The highest BCUT2D eigenvalue weighted by Gasteiger charge is 2.15. The maximum absolute atomic E-state index is 13.7. The summed E-state index contributed by atoms with van der Waals surface area (Å²) < 4.78 is 13.7. The molecule has 1 amide bonds. The Balaban J connectivity index is 2.22. The Morgan fingerprint density at radius 3 is 2.74 bits per heavy atom. The minimum atomic E-state index is -0.378. The van der Waals surface area contributed by atoms with Crippen molar-refractivity contribution in [2.24, 2.45) is 0 Å². The van der Waals surface area contributed by atoms with Crippen LogP contribution >= 0.6 is 0 Å². The molecule has 2 aromatic rings. The largest absolute Gasteiger partial charge is 0.340 e. The van der Waals surface area contributed by atoms with Crippen molar-refractivity contribution in [2.45, 2.75) is 26.7 Å². The number of hydrogen-bond donors (Lipinski definition) is 1. The first kappa shape index (κ1) is 16.9. The van der Waals surface area contributed by atoms with Crippen LogP contribution in [0.15, 0.2) is 30.3 Å². The van der Waals surface area contributed by atoms with Gasteiger partial charge in [-0.25, -0.2) is 14.4 Å². The van der Waals surface area contributed by atoms with E-state index >= 15 is 0 Å². The summed E-state index contributed by atoms with van der Waals surface area (Å²) in [6, 6.07) is 7.86. The number of amides is 1. The quantitative estimate of drug-likeness (QED) is 0.885. The lowest BCUT2D eigenvalue weighted by Crippen LogP contribution is -2.28. The van der Waals surface area contributed by atoms with Crippen molar-refractivity contribution in [3.05, 3.63) is 47.7 Å². The number of aryl methyl sites for hydroxylation is 1. The van der Waals surface area contributed by atoms with Crippen LogP contribution in [0, 0.1) is 12.7 Å². The van der Waals surface area contributed by atoms with Gasteiger partial charge in [0.15, 0.2) is 0 Å². The molecule has 1 aromatic carbocycles. The monoisotopic (exact) mass is 316 g/mol. The lowest BCUT2D eigenvalue weighted by atomic mass is 10.2. The third-order valence-corrected chi connectivity index (χ3v) is 3.39. The summed E-state index contributed by atoms with van der Waals surface area (Å²) in [5.74, 6) is 0.311. The number of nitrogens with zero attached hydrogens (tertiary/aromatic N) is 3. The number of anilines is 2. The number of rotatable bonds is 6. The highest BCUT2D eigenvalue weighted by molar-refractivity contribution is 5.93. The predicted molar refractivity (Wildman–Crippen MR) is 88.3 cm³/mol. The SMILES string of the molecule is CCCCN(C)C(=O)c1cc(Nc2ccccc2F)nc(C)n1. The predicted octanol–water partition coefficient (Wildman–Crippen LogP) is 3.54. The van der Waals surface area contributed by atoms with E-state index in [-0.39, 0.29) is 11.7 Å². The molecule has 6 heteroatoms. The van der Waals surface area contributed by atoms with E-state index < -0.39 is 0 Å². The van der Waals surface area contributed by atoms with Gasteiger partial charge in [-0.05, 0) is 25.5 Å². The number of carbonyl (C=O) groups is 1. The standard InChI is InChI=1S/C17H21FN4O/c1-4-5-10-22(3)17(23)15-11-16(20-12(2)19-15)21-14-9-7-6-8-13(14)18/h6-9,11H,4-5,10H2,1-3H3,(H,19,20,21). The molecular weight excluding hydrogens is 295 g/mol. The molecule has 1 N–H and O–H groups in total. The average molecular weight is 316 g/mol. The zero-order chi connectivity index (χ0) is 16.8. The van der Waals surface area contributed by atoms with Crippen LogP contribution in [0.25, 0.3) is 0 Å². The van der Waals surface area contributed by atoms with Gasteiger partial charge in [-0.15, -0.1) is 0 Å². The van der Waals surface area contributed by atoms with Crippen molar-refractivity contribution >= 4 is 17.4 Å². The van der Waals surface area contributed by atoms with Gasteiger partial charge in [-0.1, -0.05) is 25.5 Å². The van der Waals surface area contributed by atoms with Crippen LogP contribution in [0.1, 0.15) is 36.1 Å². The number of carbonyl (C=O) groups excluding carboxylic acids is 1. The smallest absolute Gasteiger partial charge is 0.272 e. The van der Waals surface area contributed by atoms with Gasteiger partial charge in [-0.2, -0.15) is 0 Å². The summed E-state index contributed by atoms with van der Waals surface area (Å²) in [7, 11) is 1.75. The normalized spacial score (nSPS) is 10.4. The van der Waals surface area contributed by atoms with E-state index in [1.54, 1.807) is 43.1 Å². The Kier molecular flexibility index (Phi) is 5.62. The molecule has 1 aromatic heterocycles. The van der Waals surface area contributed by atoms with Crippen LogP contribution in [0.2, 0.25) is 0 Å². The van der Waals surface area contributed by atoms with Crippen LogP contribution in [0.4, 0.5) is 15.9 Å². The first-order chi connectivity index (χ1) is 11.0. The summed E-state index contributed by atoms with van der Waals surface area (Å²) >= 11 is 0. The lowest BCUT2D eigenvalue weighted by molar-refractivity contribution is 0.0787. The summed E-state index contributed by atoms with van der Waals surface area (Å²) in [4.78, 5) is 22.5. The third-order valence-electron chi connectivity index (χ3n) is 3.39. The molecule has 0 bridgehead atoms. The summed E-state index contributed by atoms with van der Waals surface area (Å²) in [5.41, 5.74) is 0.610. The molecule has 0 aliphatic carbocycles. The van der Waals surface area contributed by atoms with E-state index in [4.69, 9.17) is 0 Å². The number of unbranched alkanes of at least 4 members (excludes halogenated alkanes) is 1. The maximum atomic E-state index is 13.7. The van der Waals surface area contributed by atoms with Gasteiger partial charge in [0, 0.05) is 19.7 Å². The van der Waals surface area contributed by atoms with Gasteiger partial charge in [0.1, 0.15) is 23.2 Å². The van der Waals surface area contributed by atoms with E-state index in [0.29, 0.717) is 29.6 Å². The topological polar surface area (TPSA) is 58.1 Å². The van der Waals surface area contributed by atoms with E-state index in [9.17, 15) is 9.18 Å². The van der Waals surface area contributed by atoms with Gasteiger partial charge < -0.3 is 10.2 Å². The van der Waals surface area contributed by atoms with Gasteiger partial charge >= 0.3 is 0 Å². The zero-order valence-electron chi connectivity index (χ0n) is 13.6. The molecule has 1 heterocycles. The van der Waals surface area contributed by atoms with E-state index in [2.05, 4.69) is 22.2 Å². The Hall–Kier alpha value is -2.50. The number of benzene rings is 1. The molecule has 0 saturated heterocycles. The summed E-state index contributed by atoms with van der Waals surface area (Å²) in [6.07, 6.45) is 1.95. The van der Waals surface area contributed by atoms with Crippen LogP contribution in [-0.2, 0) is 0 Å². The number of aromatic nitrogens is 2. The van der Waals surface area contributed by atoms with E-state index in [1.165, 1.54) is 6.07 Å². The van der Waals surface area contributed by atoms with Gasteiger partial charge in [0.2, 0.25) is 0 Å². The zero-order valence-corrected chi connectivity index (χ0v) is 13.6. The minimum Gasteiger partial charge on any atom is -0.340 e. The molecule has 0 radical (unpaired) electrons. The second kappa shape index (κ2) is 7.67. The number of nitrogens with one attached hydrogen (secondary N) is 1. The van der Waals surface area contributed by atoms with Crippen molar-refractivity contribution < 1.29 is 9.18 Å². The van der Waals surface area contributed by atoms with Crippen LogP contribution in [-0.4, -0.2) is 34.4 Å². The summed E-state index contributed by atoms with van der Waals surface area (Å²) in [6.45, 7) is 4.45. The van der Waals surface area contributed by atoms with Crippen LogP contribution in [0.5, 0.6) is 0 Å². The van der Waals surface area contributed by atoms with Crippen molar-refractivity contribution in [3.63, 3.8) is 0 Å². The Morgan fingerprint density at radius 2 is 2.04 bits per heavy atom. The third kappa shape index (κ3) is 4.48. The molecule has 0 aliphatic heterocycles. The van der Waals surface area contributed by atoms with Crippen LogP contribution < -0.4 is 5.32 Å². The molecule has 23 heavy (non-hydrogen) atoms. The molecule has 2 rings (SSSR count). The fourth-order valence-corrected chi connectivity index (χ4v) is 2.13. The van der Waals surface area contributed by atoms with E-state index in [1.807, 2.05) is 0 Å². The first-order valence-corrected chi connectivity index (χ1v) is 7.64. The Morgan fingerprint density at radius 1 is 1.30 bits per heavy atom. The molecule has 0 fully saturated rings. The van der Waals surface area contributed by atoms with Crippen molar-refractivity contribution in [2.75, 3.05) is 18.9 Å². The average Bonchev–Trinajstić information content (AvgIpc) is 2.53. The molecular formula is C17H21FN4O. The lowest BCUT2D eigenvalue weighted by Gasteiger charge is -2.17. The molecule has 122 valence electrons. The Labute approximate surface area is 135 Å². The highest BCUT2D eigenvalue weighted by atomic mass is 19.1. The van der Waals surface area contributed by atoms with Gasteiger partial charge in [-0.3, -0.25) is 4.79 Å². The second-order valence-electron chi connectivity index (χ2n) is 5.37. The molecule has 0 spiro atoms. The number of hydrogen-bond acceptors (Lipinski definition) is 4. The maximum Gasteiger partial charge on any atom is 0.272 e. The minimum absolute atomic E-state index is 0.166. The highest BCUT2D eigenvalue weighted by Crippen LogP contribution is 2.19. The number of para-hydroxylation sites is 1. The summed E-state index contributed by atoms with van der Waals surface area (Å²) in [5, 5.41) is 2.89. The van der Waals surface area contributed by atoms with Gasteiger partial charge in [0.25, 0.3) is 5.91 Å². The molecule has 0 atom stereocenters. The number of halogens is 1. The van der Waals surface area contributed by atoms with Crippen molar-refractivity contribution in [3.8, 4) is 0 Å². The van der Waals surface area contributed by atoms with Crippen LogP contribution in [0.3, 0.4) is 0 Å². The molecule has 0 saturated carbocycles. The van der Waals surface area contributed by atoms with Crippen molar-refractivity contribution in [1.29, 1.82) is 0 Å². The first-order valence-electron chi connectivity index (χ1n) is 7.64. The second-order valence-corrected chi connectivity index (χ2v) is 5.37. The van der Waals surface area contributed by atoms with Crippen molar-refractivity contribution in [1.82, 2.24) is 14.9 Å². The molecule has 0 unspecified atom stereocenters. The van der Waals surface area contributed by atoms with Gasteiger partial charge in [0.05, 0.1) is 5.69 Å². The fraction of sp³-hybridized carbons (Fsp3) is 0.353. The molecule has 5 nitrogen and oxygen atoms in total.